The van der Waals surface area contributed by atoms with E-state index < -0.39 is 35.4 Å². The van der Waals surface area contributed by atoms with Crippen LogP contribution >= 0.6 is 0 Å². The highest BCUT2D eigenvalue weighted by Crippen LogP contribution is 2.58. The first kappa shape index (κ1) is 16.7. The lowest BCUT2D eigenvalue weighted by molar-refractivity contribution is -0.216. The Morgan fingerprint density at radius 2 is 1.77 bits per heavy atom. The number of carbonyl (C=O) groups is 2. The number of esters is 1. The average molecular weight is 317 g/mol. The van der Waals surface area contributed by atoms with Crippen LogP contribution < -0.4 is 0 Å². The van der Waals surface area contributed by atoms with Gasteiger partial charge in [0, 0.05) is 24.9 Å². The van der Waals surface area contributed by atoms with E-state index in [1.807, 2.05) is 0 Å². The summed E-state index contributed by atoms with van der Waals surface area (Å²) in [5, 5.41) is 0. The molecule has 2 rings (SSSR count). The maximum absolute atomic E-state index is 14.7. The van der Waals surface area contributed by atoms with Crippen molar-refractivity contribution in [1.29, 1.82) is 0 Å². The molecule has 2 aliphatic carbocycles. The molecule has 5 nitrogen and oxygen atoms in total. The molecule has 7 heteroatoms. The second-order valence-corrected chi connectivity index (χ2v) is 5.45. The first-order valence-electron chi connectivity index (χ1n) is 7.56. The molecule has 1 fully saturated rings. The summed E-state index contributed by atoms with van der Waals surface area (Å²) < 4.78 is 39.4. The quantitative estimate of drug-likeness (QED) is 0.578. The Morgan fingerprint density at radius 1 is 1.18 bits per heavy atom. The van der Waals surface area contributed by atoms with Crippen molar-refractivity contribution in [1.82, 2.24) is 4.90 Å². The summed E-state index contributed by atoms with van der Waals surface area (Å²) in [6, 6.07) is 0. The lowest BCUT2D eigenvalue weighted by Crippen LogP contribution is -2.61. The fraction of sp³-hybridized carbons (Fsp3) is 0.733. The molecule has 0 unspecified atom stereocenters. The molecule has 2 bridgehead atoms. The Bertz CT molecular complexity index is 490. The summed E-state index contributed by atoms with van der Waals surface area (Å²) in [4.78, 5) is 25.7. The molecule has 1 amide bonds. The molecule has 0 aromatic heterocycles. The molecule has 0 heterocycles. The van der Waals surface area contributed by atoms with Crippen LogP contribution in [0.15, 0.2) is 12.2 Å². The number of rotatable bonds is 5. The second kappa shape index (κ2) is 5.85. The van der Waals surface area contributed by atoms with Gasteiger partial charge in [-0.15, -0.1) is 0 Å². The summed E-state index contributed by atoms with van der Waals surface area (Å²) in [6.45, 7) is 5.51. The third-order valence-electron chi connectivity index (χ3n) is 4.42. The van der Waals surface area contributed by atoms with Crippen molar-refractivity contribution in [3.05, 3.63) is 12.2 Å². The van der Waals surface area contributed by atoms with Gasteiger partial charge in [0.2, 0.25) is 0 Å². The predicted octanol–water partition coefficient (Wildman–Crippen LogP) is 2.61. The Labute approximate surface area is 128 Å². The third-order valence-corrected chi connectivity index (χ3v) is 4.42. The fourth-order valence-electron chi connectivity index (χ4n) is 3.19. The van der Waals surface area contributed by atoms with Crippen LogP contribution in [0.1, 0.15) is 27.2 Å². The summed E-state index contributed by atoms with van der Waals surface area (Å²) in [5.41, 5.74) is -2.55. The summed E-state index contributed by atoms with van der Waals surface area (Å²) in [6.07, 6.45) is 2.07. The molecule has 3 atom stereocenters. The summed E-state index contributed by atoms with van der Waals surface area (Å²) in [5.74, 6) is -6.60. The fourth-order valence-corrected chi connectivity index (χ4v) is 3.19. The number of nitrogens with zero attached hydrogens (tertiary/aromatic N) is 1. The van der Waals surface area contributed by atoms with E-state index in [9.17, 15) is 18.4 Å². The smallest absolute Gasteiger partial charge is 0.411 e. The van der Waals surface area contributed by atoms with Gasteiger partial charge in [0.15, 0.2) is 0 Å². The van der Waals surface area contributed by atoms with Crippen LogP contribution in [0, 0.1) is 11.8 Å². The number of allylic oxidation sites excluding steroid dienone is 1. The minimum atomic E-state index is -3.47. The molecule has 2 aliphatic rings. The van der Waals surface area contributed by atoms with Crippen molar-refractivity contribution in [3.8, 4) is 0 Å². The number of hydrogen-bond donors (Lipinski definition) is 0. The Hall–Kier alpha value is -1.66. The first-order valence-corrected chi connectivity index (χ1v) is 7.56. The highest BCUT2D eigenvalue weighted by Gasteiger charge is 2.76. The van der Waals surface area contributed by atoms with Crippen molar-refractivity contribution in [2.24, 2.45) is 11.8 Å². The zero-order valence-corrected chi connectivity index (χ0v) is 13.0. The van der Waals surface area contributed by atoms with Gasteiger partial charge in [-0.05, 0) is 27.2 Å². The van der Waals surface area contributed by atoms with E-state index in [1.165, 1.54) is 24.0 Å². The van der Waals surface area contributed by atoms with Gasteiger partial charge in [0.1, 0.15) is 0 Å². The topological polar surface area (TPSA) is 55.8 Å². The van der Waals surface area contributed by atoms with Crippen LogP contribution in [0.25, 0.3) is 0 Å². The number of carbonyl (C=O) groups excluding carboxylic acids is 2. The zero-order valence-electron chi connectivity index (χ0n) is 13.0. The molecule has 0 saturated heterocycles. The van der Waals surface area contributed by atoms with E-state index in [0.29, 0.717) is 13.1 Å². The van der Waals surface area contributed by atoms with Crippen LogP contribution in [-0.2, 0) is 14.3 Å². The molecule has 0 aromatic rings. The lowest BCUT2D eigenvalue weighted by Gasteiger charge is -2.39. The predicted molar refractivity (Wildman–Crippen MR) is 74.5 cm³/mol. The van der Waals surface area contributed by atoms with Gasteiger partial charge in [-0.25, -0.2) is 18.4 Å². The molecular weight excluding hydrogens is 296 g/mol. The monoisotopic (exact) mass is 317 g/mol. The van der Waals surface area contributed by atoms with Crippen molar-refractivity contribution in [3.63, 3.8) is 0 Å². The number of hydrogen-bond acceptors (Lipinski definition) is 4. The van der Waals surface area contributed by atoms with Gasteiger partial charge in [-0.3, -0.25) is 0 Å². The number of amides is 1. The largest absolute Gasteiger partial charge is 0.463 e. The van der Waals surface area contributed by atoms with E-state index in [1.54, 1.807) is 13.8 Å². The van der Waals surface area contributed by atoms with Crippen LogP contribution in [0.4, 0.5) is 13.6 Å². The highest BCUT2D eigenvalue weighted by molar-refractivity contribution is 5.86. The maximum atomic E-state index is 14.7. The van der Waals surface area contributed by atoms with Crippen LogP contribution in [0.3, 0.4) is 0 Å². The Balaban J connectivity index is 2.38. The van der Waals surface area contributed by atoms with Gasteiger partial charge < -0.3 is 14.4 Å². The molecule has 0 N–H and O–H groups in total. The van der Waals surface area contributed by atoms with E-state index in [0.717, 1.165) is 0 Å². The van der Waals surface area contributed by atoms with E-state index in [4.69, 9.17) is 9.47 Å². The van der Waals surface area contributed by atoms with Gasteiger partial charge in [-0.2, -0.15) is 0 Å². The molecule has 22 heavy (non-hydrogen) atoms. The van der Waals surface area contributed by atoms with Crippen molar-refractivity contribution >= 4 is 12.1 Å². The number of halogens is 2. The van der Waals surface area contributed by atoms with Gasteiger partial charge in [0.25, 0.3) is 5.60 Å². The molecule has 124 valence electrons. The molecular formula is C15H21F2NO4. The molecule has 0 radical (unpaired) electrons. The highest BCUT2D eigenvalue weighted by atomic mass is 19.3. The number of ether oxygens (including phenoxy) is 2. The standard InChI is InChI=1S/C15H21F2NO4/c1-4-18(5-2)13(20)22-14(12(19)21-6-3)10-7-8-11(9-10)15(14,16)17/h7-8,10-11H,4-6,9H2,1-3H3/t10-,11+,14-/m0/s1. The molecule has 0 aromatic carbocycles. The van der Waals surface area contributed by atoms with Crippen LogP contribution in [0.2, 0.25) is 0 Å². The van der Waals surface area contributed by atoms with Gasteiger partial charge >= 0.3 is 18.0 Å². The minimum Gasteiger partial charge on any atom is -0.463 e. The second-order valence-electron chi connectivity index (χ2n) is 5.45. The van der Waals surface area contributed by atoms with E-state index >= 15 is 0 Å². The maximum Gasteiger partial charge on any atom is 0.411 e. The Morgan fingerprint density at radius 3 is 2.23 bits per heavy atom. The van der Waals surface area contributed by atoms with Crippen molar-refractivity contribution in [2.45, 2.75) is 38.7 Å². The minimum absolute atomic E-state index is 0.0550. The van der Waals surface area contributed by atoms with E-state index in [-0.39, 0.29) is 13.0 Å². The molecule has 0 aliphatic heterocycles. The number of fused-ring (bicyclic) bond motifs is 2. The number of alkyl halides is 2. The van der Waals surface area contributed by atoms with E-state index in [2.05, 4.69) is 0 Å². The normalized spacial score (nSPS) is 31.1. The summed E-state index contributed by atoms with van der Waals surface area (Å²) in [7, 11) is 0. The van der Waals surface area contributed by atoms with Crippen molar-refractivity contribution < 1.29 is 27.8 Å². The van der Waals surface area contributed by atoms with Crippen molar-refractivity contribution in [2.75, 3.05) is 19.7 Å². The molecule has 1 saturated carbocycles. The first-order chi connectivity index (χ1) is 10.3. The Kier molecular flexibility index (Phi) is 4.44. The van der Waals surface area contributed by atoms with Gasteiger partial charge in [0.05, 0.1) is 6.61 Å². The summed E-state index contributed by atoms with van der Waals surface area (Å²) >= 11 is 0. The lowest BCUT2D eigenvalue weighted by atomic mass is 9.84. The van der Waals surface area contributed by atoms with Crippen LogP contribution in [0.5, 0.6) is 0 Å². The SMILES string of the molecule is CCOC(=O)[C@@]1(OC(=O)N(CC)CC)[C@H]2C=C[C@H](C2)C1(F)F. The average Bonchev–Trinajstić information content (AvgIpc) is 3.02. The van der Waals surface area contributed by atoms with Crippen LogP contribution in [-0.4, -0.2) is 48.2 Å². The third kappa shape index (κ3) is 2.18. The van der Waals surface area contributed by atoms with Gasteiger partial charge in [-0.1, -0.05) is 12.2 Å². The zero-order chi connectivity index (χ0) is 16.5. The molecule has 0 spiro atoms.